The largest absolute Gasteiger partial charge is 0.497 e. The number of halogens is 1. The first-order valence-corrected chi connectivity index (χ1v) is 11.3. The molecule has 0 amide bonds. The second-order valence-corrected chi connectivity index (χ2v) is 9.24. The summed E-state index contributed by atoms with van der Waals surface area (Å²) in [5, 5.41) is 5.62. The molecule has 0 radical (unpaired) electrons. The lowest BCUT2D eigenvalue weighted by Crippen LogP contribution is -2.26. The van der Waals surface area contributed by atoms with Crippen LogP contribution in [0.1, 0.15) is 29.2 Å². The first-order valence-electron chi connectivity index (χ1n) is 9.05. The summed E-state index contributed by atoms with van der Waals surface area (Å²) in [5.41, 5.74) is 3.97. The van der Waals surface area contributed by atoms with Gasteiger partial charge in [-0.05, 0) is 48.4 Å². The molecule has 0 saturated heterocycles. The Kier molecular flexibility index (Phi) is 4.96. The molecule has 1 atom stereocenters. The van der Waals surface area contributed by atoms with Crippen LogP contribution in [0.4, 0.5) is 0 Å². The van der Waals surface area contributed by atoms with Crippen LogP contribution < -0.4 is 4.74 Å². The van der Waals surface area contributed by atoms with Crippen molar-refractivity contribution in [1.82, 2.24) is 9.40 Å². The maximum atomic E-state index is 12.5. The summed E-state index contributed by atoms with van der Waals surface area (Å²) in [4.78, 5) is 4.53. The Labute approximate surface area is 174 Å². The molecule has 8 heteroatoms. The van der Waals surface area contributed by atoms with Crippen molar-refractivity contribution >= 4 is 38.2 Å². The Morgan fingerprint density at radius 3 is 2.55 bits per heavy atom. The first-order chi connectivity index (χ1) is 13.8. The van der Waals surface area contributed by atoms with Gasteiger partial charge in [-0.25, -0.2) is 13.4 Å². The summed E-state index contributed by atoms with van der Waals surface area (Å²) in [6.07, 6.45) is 1.55. The van der Waals surface area contributed by atoms with E-state index in [0.29, 0.717) is 17.7 Å². The number of ether oxygens (including phenoxy) is 1. The number of nitrogens with zero attached hydrogens (tertiary/aromatic N) is 3. The number of aromatic nitrogens is 1. The van der Waals surface area contributed by atoms with Crippen LogP contribution in [0, 0.1) is 6.92 Å². The van der Waals surface area contributed by atoms with Crippen molar-refractivity contribution in [1.29, 1.82) is 0 Å². The topological polar surface area (TPSA) is 71.9 Å². The van der Waals surface area contributed by atoms with Gasteiger partial charge in [0, 0.05) is 17.4 Å². The molecular formula is C21H20ClN3O3S. The van der Waals surface area contributed by atoms with Gasteiger partial charge in [0.2, 0.25) is 10.0 Å². The molecule has 1 aliphatic rings. The number of hydrogen-bond donors (Lipinski definition) is 0. The van der Waals surface area contributed by atoms with Gasteiger partial charge in [-0.15, -0.1) is 0 Å². The summed E-state index contributed by atoms with van der Waals surface area (Å²) in [6.45, 7) is 1.97. The number of pyridine rings is 1. The normalized spacial score (nSPS) is 16.9. The van der Waals surface area contributed by atoms with Crippen molar-refractivity contribution in [3.8, 4) is 5.75 Å². The van der Waals surface area contributed by atoms with E-state index in [9.17, 15) is 8.42 Å². The highest BCUT2D eigenvalue weighted by molar-refractivity contribution is 7.88. The second-order valence-electron chi connectivity index (χ2n) is 7.05. The van der Waals surface area contributed by atoms with Gasteiger partial charge < -0.3 is 4.74 Å². The number of rotatable bonds is 4. The molecule has 29 heavy (non-hydrogen) atoms. The number of para-hydroxylation sites is 1. The second kappa shape index (κ2) is 7.31. The first kappa shape index (κ1) is 19.7. The van der Waals surface area contributed by atoms with E-state index in [1.807, 2.05) is 55.5 Å². The molecular weight excluding hydrogens is 410 g/mol. The van der Waals surface area contributed by atoms with Gasteiger partial charge in [-0.1, -0.05) is 29.8 Å². The zero-order chi connectivity index (χ0) is 20.8. The highest BCUT2D eigenvalue weighted by atomic mass is 35.5. The van der Waals surface area contributed by atoms with Crippen LogP contribution in [0.15, 0.2) is 53.6 Å². The van der Waals surface area contributed by atoms with Crippen molar-refractivity contribution in [3.63, 3.8) is 0 Å². The average molecular weight is 430 g/mol. The van der Waals surface area contributed by atoms with Gasteiger partial charge in [0.1, 0.15) is 10.9 Å². The van der Waals surface area contributed by atoms with Crippen molar-refractivity contribution in [3.05, 3.63) is 70.4 Å². The monoisotopic (exact) mass is 429 g/mol. The molecule has 4 rings (SSSR count). The van der Waals surface area contributed by atoms with E-state index in [4.69, 9.17) is 16.3 Å². The van der Waals surface area contributed by atoms with Gasteiger partial charge in [0.05, 0.1) is 30.6 Å². The molecule has 0 unspecified atom stereocenters. The molecule has 2 aromatic carbocycles. The van der Waals surface area contributed by atoms with Crippen molar-refractivity contribution in [2.45, 2.75) is 19.4 Å². The molecule has 0 saturated carbocycles. The predicted octanol–water partition coefficient (Wildman–Crippen LogP) is 4.32. The van der Waals surface area contributed by atoms with E-state index in [1.165, 1.54) is 0 Å². The van der Waals surface area contributed by atoms with Crippen LogP contribution in [-0.2, 0) is 10.0 Å². The summed E-state index contributed by atoms with van der Waals surface area (Å²) in [7, 11) is -2.00. The maximum absolute atomic E-state index is 12.5. The summed E-state index contributed by atoms with van der Waals surface area (Å²) in [6, 6.07) is 14.6. The fourth-order valence-corrected chi connectivity index (χ4v) is 4.72. The Balaban J connectivity index is 1.79. The van der Waals surface area contributed by atoms with Crippen LogP contribution in [-0.4, -0.2) is 36.9 Å². The number of aryl methyl sites for hydroxylation is 1. The predicted molar refractivity (Wildman–Crippen MR) is 115 cm³/mol. The molecule has 0 spiro atoms. The average Bonchev–Trinajstić information content (AvgIpc) is 3.14. The van der Waals surface area contributed by atoms with E-state index >= 15 is 0 Å². The fraction of sp³-hybridized carbons (Fsp3) is 0.238. The fourth-order valence-electron chi connectivity index (χ4n) is 3.56. The maximum Gasteiger partial charge on any atom is 0.247 e. The molecule has 0 aliphatic carbocycles. The molecule has 2 heterocycles. The Hall–Kier alpha value is -2.64. The number of fused-ring (bicyclic) bond motifs is 1. The smallest absolute Gasteiger partial charge is 0.247 e. The third-order valence-corrected chi connectivity index (χ3v) is 6.34. The summed E-state index contributed by atoms with van der Waals surface area (Å²) >= 11 is 6.50. The van der Waals surface area contributed by atoms with Crippen LogP contribution in [0.25, 0.3) is 10.9 Å². The summed E-state index contributed by atoms with van der Waals surface area (Å²) < 4.78 is 31.2. The van der Waals surface area contributed by atoms with Crippen LogP contribution in [0.3, 0.4) is 0 Å². The Bertz CT molecular complexity index is 1220. The van der Waals surface area contributed by atoms with Gasteiger partial charge >= 0.3 is 0 Å². The minimum absolute atomic E-state index is 0.289. The molecule has 1 aromatic heterocycles. The molecule has 0 bridgehead atoms. The zero-order valence-electron chi connectivity index (χ0n) is 16.3. The lowest BCUT2D eigenvalue weighted by atomic mass is 9.98. The highest BCUT2D eigenvalue weighted by Crippen LogP contribution is 2.38. The van der Waals surface area contributed by atoms with Crippen LogP contribution >= 0.6 is 11.6 Å². The Morgan fingerprint density at radius 1 is 1.17 bits per heavy atom. The lowest BCUT2D eigenvalue weighted by Gasteiger charge is -2.22. The SMILES string of the molecule is COc1ccc(C2=NN(S(C)(=O)=O)[C@H](c3cc4cccc(C)c4nc3Cl)C2)cc1. The Morgan fingerprint density at radius 2 is 1.90 bits per heavy atom. The van der Waals surface area contributed by atoms with Gasteiger partial charge in [0.15, 0.2) is 0 Å². The van der Waals surface area contributed by atoms with Crippen molar-refractivity contribution in [2.24, 2.45) is 5.10 Å². The van der Waals surface area contributed by atoms with E-state index in [1.54, 1.807) is 7.11 Å². The van der Waals surface area contributed by atoms with Gasteiger partial charge in [-0.3, -0.25) is 0 Å². The lowest BCUT2D eigenvalue weighted by molar-refractivity contribution is 0.374. The van der Waals surface area contributed by atoms with Crippen molar-refractivity contribution < 1.29 is 13.2 Å². The minimum atomic E-state index is -3.60. The third kappa shape index (κ3) is 3.68. The number of benzene rings is 2. The third-order valence-electron chi connectivity index (χ3n) is 5.02. The molecule has 1 aliphatic heterocycles. The number of hydrogen-bond acceptors (Lipinski definition) is 5. The van der Waals surface area contributed by atoms with Gasteiger partial charge in [0.25, 0.3) is 0 Å². The standard InChI is InChI=1S/C21H20ClN3O3S/c1-13-5-4-6-15-11-17(21(22)23-20(13)15)19-12-18(24-25(19)29(3,26)27)14-7-9-16(28-2)10-8-14/h4-11,19H,12H2,1-3H3/t19-/m0/s1. The molecule has 3 aromatic rings. The number of hydrazone groups is 1. The van der Waals surface area contributed by atoms with Crippen LogP contribution in [0.5, 0.6) is 5.75 Å². The van der Waals surface area contributed by atoms with Crippen molar-refractivity contribution in [2.75, 3.05) is 13.4 Å². The molecule has 150 valence electrons. The quantitative estimate of drug-likeness (QED) is 0.579. The molecule has 0 N–H and O–H groups in total. The minimum Gasteiger partial charge on any atom is -0.497 e. The number of methoxy groups -OCH3 is 1. The molecule has 6 nitrogen and oxygen atoms in total. The summed E-state index contributed by atoms with van der Waals surface area (Å²) in [5.74, 6) is 0.723. The highest BCUT2D eigenvalue weighted by Gasteiger charge is 2.36. The van der Waals surface area contributed by atoms with Crippen LogP contribution in [0.2, 0.25) is 5.15 Å². The zero-order valence-corrected chi connectivity index (χ0v) is 17.8. The van der Waals surface area contributed by atoms with E-state index in [2.05, 4.69) is 10.1 Å². The van der Waals surface area contributed by atoms with E-state index < -0.39 is 16.1 Å². The van der Waals surface area contributed by atoms with E-state index in [-0.39, 0.29) is 5.15 Å². The number of sulfonamides is 1. The van der Waals surface area contributed by atoms with E-state index in [0.717, 1.165) is 38.4 Å². The molecule has 0 fully saturated rings. The van der Waals surface area contributed by atoms with Gasteiger partial charge in [-0.2, -0.15) is 9.52 Å².